The molecule has 3 heterocycles. The van der Waals surface area contributed by atoms with E-state index in [1.807, 2.05) is 24.4 Å². The van der Waals surface area contributed by atoms with Crippen LogP contribution in [0, 0.1) is 5.92 Å². The van der Waals surface area contributed by atoms with E-state index in [1.165, 1.54) is 0 Å². The molecular formula is C25H30BrN7O2. The second-order valence-corrected chi connectivity index (χ2v) is 10.3. The Balaban J connectivity index is 1.08. The van der Waals surface area contributed by atoms with Gasteiger partial charge >= 0.3 is 0 Å². The molecule has 1 aromatic carbocycles. The number of nitrogens with one attached hydrogen (secondary N) is 3. The Morgan fingerprint density at radius 3 is 2.51 bits per heavy atom. The fourth-order valence-corrected chi connectivity index (χ4v) is 5.13. The van der Waals surface area contributed by atoms with Gasteiger partial charge in [-0.2, -0.15) is 0 Å². The zero-order chi connectivity index (χ0) is 24.2. The number of nitrogens with zero attached hydrogens (tertiary/aromatic N) is 4. The first kappa shape index (κ1) is 23.9. The molecule has 1 amide bonds. The van der Waals surface area contributed by atoms with Crippen LogP contribution in [-0.4, -0.2) is 57.2 Å². The van der Waals surface area contributed by atoms with Gasteiger partial charge in [0.1, 0.15) is 0 Å². The third kappa shape index (κ3) is 6.05. The van der Waals surface area contributed by atoms with Gasteiger partial charge in [0.05, 0.1) is 31.2 Å². The lowest BCUT2D eigenvalue weighted by Gasteiger charge is -2.33. The number of rotatable bonds is 8. The number of carbonyl (C=O) groups is 1. The fraction of sp³-hybridized carbons (Fsp3) is 0.480. The van der Waals surface area contributed by atoms with Crippen molar-refractivity contribution in [3.63, 3.8) is 0 Å². The molecule has 5 rings (SSSR count). The van der Waals surface area contributed by atoms with Crippen LogP contribution in [-0.2, 0) is 16.0 Å². The lowest BCUT2D eigenvalue weighted by atomic mass is 9.82. The van der Waals surface area contributed by atoms with Crippen molar-refractivity contribution in [1.29, 1.82) is 0 Å². The van der Waals surface area contributed by atoms with Crippen molar-refractivity contribution in [3.8, 4) is 0 Å². The summed E-state index contributed by atoms with van der Waals surface area (Å²) in [6.07, 6.45) is 9.93. The van der Waals surface area contributed by atoms with Crippen molar-refractivity contribution in [3.05, 3.63) is 46.8 Å². The van der Waals surface area contributed by atoms with E-state index < -0.39 is 0 Å². The molecule has 1 aliphatic heterocycles. The highest BCUT2D eigenvalue weighted by Crippen LogP contribution is 2.30. The number of fused-ring (bicyclic) bond motifs is 1. The smallest absolute Gasteiger partial charge is 0.224 e. The number of para-hydroxylation sites is 1. The second kappa shape index (κ2) is 10.8. The zero-order valence-electron chi connectivity index (χ0n) is 19.7. The summed E-state index contributed by atoms with van der Waals surface area (Å²) in [6.45, 7) is 3.38. The molecule has 10 heteroatoms. The molecule has 1 atom stereocenters. The van der Waals surface area contributed by atoms with Gasteiger partial charge in [-0.1, -0.05) is 12.1 Å². The minimum absolute atomic E-state index is 0.0249. The number of ether oxygens (including phenoxy) is 1. The van der Waals surface area contributed by atoms with Crippen molar-refractivity contribution >= 4 is 44.6 Å². The number of benzene rings is 1. The first-order chi connectivity index (χ1) is 17.0. The average Bonchev–Trinajstić information content (AvgIpc) is 2.84. The molecular weight excluding hydrogens is 510 g/mol. The molecule has 0 spiro atoms. The van der Waals surface area contributed by atoms with Crippen LogP contribution in [0.3, 0.4) is 0 Å². The van der Waals surface area contributed by atoms with Gasteiger partial charge in [0.2, 0.25) is 17.8 Å². The van der Waals surface area contributed by atoms with E-state index in [1.54, 1.807) is 12.4 Å². The lowest BCUT2D eigenvalue weighted by molar-refractivity contribution is -0.124. The van der Waals surface area contributed by atoms with Crippen molar-refractivity contribution in [2.24, 2.45) is 5.92 Å². The number of carbonyl (C=O) groups excluding carboxylic acids is 1. The predicted octanol–water partition coefficient (Wildman–Crippen LogP) is 3.71. The maximum Gasteiger partial charge on any atom is 0.224 e. The SMILES string of the molecule is C[C@H](Nc1ncc(CC(=O)NC2COC2)cn1)C1CCC(Nc2ncc3cccc(Br)c3n2)CC1. The minimum atomic E-state index is -0.0249. The molecule has 35 heavy (non-hydrogen) atoms. The summed E-state index contributed by atoms with van der Waals surface area (Å²) in [5, 5.41) is 10.9. The van der Waals surface area contributed by atoms with E-state index in [4.69, 9.17) is 9.72 Å². The number of halogens is 1. The summed E-state index contributed by atoms with van der Waals surface area (Å²) in [4.78, 5) is 30.1. The maximum atomic E-state index is 12.0. The first-order valence-corrected chi connectivity index (χ1v) is 12.9. The van der Waals surface area contributed by atoms with Crippen LogP contribution in [0.5, 0.6) is 0 Å². The molecule has 2 fully saturated rings. The van der Waals surface area contributed by atoms with Crippen LogP contribution in [0.1, 0.15) is 38.2 Å². The van der Waals surface area contributed by atoms with E-state index in [-0.39, 0.29) is 24.4 Å². The molecule has 1 saturated heterocycles. The highest BCUT2D eigenvalue weighted by molar-refractivity contribution is 9.10. The van der Waals surface area contributed by atoms with Gasteiger partial charge < -0.3 is 20.7 Å². The molecule has 2 aromatic heterocycles. The normalized spacial score (nSPS) is 21.2. The van der Waals surface area contributed by atoms with Gasteiger partial charge in [-0.25, -0.2) is 19.9 Å². The summed E-state index contributed by atoms with van der Waals surface area (Å²) in [5.41, 5.74) is 1.73. The van der Waals surface area contributed by atoms with Crippen LogP contribution in [0.15, 0.2) is 41.3 Å². The van der Waals surface area contributed by atoms with E-state index in [2.05, 4.69) is 53.8 Å². The highest BCUT2D eigenvalue weighted by atomic mass is 79.9. The largest absolute Gasteiger partial charge is 0.377 e. The Morgan fingerprint density at radius 2 is 1.80 bits per heavy atom. The van der Waals surface area contributed by atoms with E-state index in [0.29, 0.717) is 37.1 Å². The number of aromatic nitrogens is 4. The Labute approximate surface area is 213 Å². The Hall–Kier alpha value is -2.85. The van der Waals surface area contributed by atoms with Gasteiger partial charge in [-0.05, 0) is 66.1 Å². The molecule has 0 radical (unpaired) electrons. The van der Waals surface area contributed by atoms with Crippen LogP contribution in [0.25, 0.3) is 10.9 Å². The molecule has 3 N–H and O–H groups in total. The average molecular weight is 540 g/mol. The van der Waals surface area contributed by atoms with Crippen molar-refractivity contribution in [1.82, 2.24) is 25.3 Å². The van der Waals surface area contributed by atoms with Crippen LogP contribution >= 0.6 is 15.9 Å². The molecule has 2 aliphatic rings. The standard InChI is InChI=1S/C25H30BrN7O2/c1-15(30-24-27-10-16(11-28-24)9-22(34)31-20-13-35-14-20)17-5-7-19(8-6-17)32-25-29-12-18-3-2-4-21(26)23(18)33-25/h2-4,10-12,15,17,19-20H,5-9,13-14H2,1H3,(H,31,34)(H,27,28,30)(H,29,32,33)/t15-,17?,19?/m0/s1. The summed E-state index contributed by atoms with van der Waals surface area (Å²) in [5.74, 6) is 1.80. The topological polar surface area (TPSA) is 114 Å². The predicted molar refractivity (Wildman–Crippen MR) is 138 cm³/mol. The first-order valence-electron chi connectivity index (χ1n) is 12.2. The minimum Gasteiger partial charge on any atom is -0.377 e. The number of hydrogen-bond acceptors (Lipinski definition) is 8. The molecule has 0 bridgehead atoms. The van der Waals surface area contributed by atoms with Gasteiger partial charge in [0, 0.05) is 40.5 Å². The van der Waals surface area contributed by atoms with E-state index >= 15 is 0 Å². The van der Waals surface area contributed by atoms with Gasteiger partial charge in [0.15, 0.2) is 0 Å². The molecule has 1 aliphatic carbocycles. The summed E-state index contributed by atoms with van der Waals surface area (Å²) >= 11 is 3.58. The van der Waals surface area contributed by atoms with E-state index in [9.17, 15) is 4.79 Å². The Morgan fingerprint density at radius 1 is 1.06 bits per heavy atom. The molecule has 0 unspecified atom stereocenters. The number of anilines is 2. The van der Waals surface area contributed by atoms with Gasteiger partial charge in [-0.15, -0.1) is 0 Å². The van der Waals surface area contributed by atoms with Crippen LogP contribution < -0.4 is 16.0 Å². The summed E-state index contributed by atoms with van der Waals surface area (Å²) in [6, 6.07) is 6.77. The summed E-state index contributed by atoms with van der Waals surface area (Å²) in [7, 11) is 0. The number of amides is 1. The second-order valence-electron chi connectivity index (χ2n) is 9.45. The Bertz CT molecular complexity index is 1160. The quantitative estimate of drug-likeness (QED) is 0.397. The molecule has 3 aromatic rings. The lowest BCUT2D eigenvalue weighted by Crippen LogP contribution is -2.49. The van der Waals surface area contributed by atoms with Crippen molar-refractivity contribution in [2.75, 3.05) is 23.8 Å². The monoisotopic (exact) mass is 539 g/mol. The molecule has 184 valence electrons. The fourth-order valence-electron chi connectivity index (χ4n) is 4.66. The zero-order valence-corrected chi connectivity index (χ0v) is 21.3. The van der Waals surface area contributed by atoms with Gasteiger partial charge in [-0.3, -0.25) is 4.79 Å². The Kier molecular flexibility index (Phi) is 7.38. The highest BCUT2D eigenvalue weighted by Gasteiger charge is 2.26. The molecule has 9 nitrogen and oxygen atoms in total. The third-order valence-electron chi connectivity index (χ3n) is 6.80. The van der Waals surface area contributed by atoms with Crippen LogP contribution in [0.2, 0.25) is 0 Å². The van der Waals surface area contributed by atoms with Crippen molar-refractivity contribution in [2.45, 2.75) is 57.2 Å². The third-order valence-corrected chi connectivity index (χ3v) is 7.44. The van der Waals surface area contributed by atoms with Crippen molar-refractivity contribution < 1.29 is 9.53 Å². The van der Waals surface area contributed by atoms with E-state index in [0.717, 1.165) is 46.6 Å². The van der Waals surface area contributed by atoms with Crippen LogP contribution in [0.4, 0.5) is 11.9 Å². The van der Waals surface area contributed by atoms with Gasteiger partial charge in [0.25, 0.3) is 0 Å². The number of hydrogen-bond donors (Lipinski definition) is 3. The molecule has 1 saturated carbocycles. The summed E-state index contributed by atoms with van der Waals surface area (Å²) < 4.78 is 6.06. The maximum absolute atomic E-state index is 12.0.